The lowest BCUT2D eigenvalue weighted by Gasteiger charge is -2.05. The van der Waals surface area contributed by atoms with Crippen LogP contribution in [0.4, 0.5) is 0 Å². The van der Waals surface area contributed by atoms with Crippen molar-refractivity contribution in [2.45, 2.75) is 38.2 Å². The zero-order chi connectivity index (χ0) is 9.76. The second-order valence-corrected chi connectivity index (χ2v) is 5.64. The normalized spacial score (nSPS) is 40.7. The Labute approximate surface area is 88.0 Å². The van der Waals surface area contributed by atoms with Crippen molar-refractivity contribution in [1.82, 2.24) is 4.98 Å². The van der Waals surface area contributed by atoms with E-state index in [1.165, 1.54) is 25.7 Å². The van der Waals surface area contributed by atoms with Gasteiger partial charge in [0.15, 0.2) is 0 Å². The summed E-state index contributed by atoms with van der Waals surface area (Å²) in [6, 6.07) is 0. The highest BCUT2D eigenvalue weighted by Gasteiger charge is 2.65. The molecule has 2 atom stereocenters. The van der Waals surface area contributed by atoms with Crippen LogP contribution in [0.2, 0.25) is 0 Å². The molecule has 2 saturated carbocycles. The van der Waals surface area contributed by atoms with Gasteiger partial charge in [0.2, 0.25) is 0 Å². The average molecular weight is 209 g/mol. The molecule has 0 spiro atoms. The Bertz CT molecular complexity index is 348. The van der Waals surface area contributed by atoms with Gasteiger partial charge in [0, 0.05) is 5.38 Å². The van der Waals surface area contributed by atoms with Crippen molar-refractivity contribution in [1.29, 1.82) is 0 Å². The highest BCUT2D eigenvalue weighted by atomic mass is 32.1. The predicted octanol–water partition coefficient (Wildman–Crippen LogP) is 2.46. The molecule has 14 heavy (non-hydrogen) atoms. The number of aromatic nitrogens is 1. The van der Waals surface area contributed by atoms with E-state index in [4.69, 9.17) is 0 Å². The van der Waals surface area contributed by atoms with Crippen molar-refractivity contribution in [2.24, 2.45) is 11.8 Å². The zero-order valence-corrected chi connectivity index (χ0v) is 9.18. The Morgan fingerprint density at radius 1 is 1.43 bits per heavy atom. The van der Waals surface area contributed by atoms with Crippen LogP contribution in [0.25, 0.3) is 0 Å². The second kappa shape index (κ2) is 2.80. The number of rotatable bonds is 1. The number of aryl methyl sites for hydroxylation is 1. The number of fused-ring (bicyclic) bond motifs is 1. The summed E-state index contributed by atoms with van der Waals surface area (Å²) in [5, 5.41) is 13.6. The first-order valence-corrected chi connectivity index (χ1v) is 6.26. The van der Waals surface area contributed by atoms with Gasteiger partial charge < -0.3 is 5.11 Å². The molecule has 1 aromatic heterocycles. The van der Waals surface area contributed by atoms with Gasteiger partial charge in [-0.1, -0.05) is 12.8 Å². The molecule has 0 radical (unpaired) electrons. The lowest BCUT2D eigenvalue weighted by atomic mass is 10.0. The Morgan fingerprint density at radius 2 is 2.07 bits per heavy atom. The highest BCUT2D eigenvalue weighted by molar-refractivity contribution is 7.09. The van der Waals surface area contributed by atoms with Crippen molar-refractivity contribution in [3.8, 4) is 0 Å². The lowest BCUT2D eigenvalue weighted by Crippen LogP contribution is -2.10. The van der Waals surface area contributed by atoms with Gasteiger partial charge in [-0.25, -0.2) is 4.98 Å². The molecule has 1 heterocycles. The molecule has 0 aliphatic heterocycles. The van der Waals surface area contributed by atoms with E-state index in [1.807, 2.05) is 12.3 Å². The Kier molecular flexibility index (Phi) is 1.77. The molecule has 76 valence electrons. The fourth-order valence-electron chi connectivity index (χ4n) is 3.02. The third-order valence-electron chi connectivity index (χ3n) is 3.82. The first-order valence-electron chi connectivity index (χ1n) is 5.38. The summed E-state index contributed by atoms with van der Waals surface area (Å²) in [5.41, 5.74) is 0.401. The van der Waals surface area contributed by atoms with Crippen LogP contribution in [0.5, 0.6) is 0 Å². The van der Waals surface area contributed by atoms with E-state index in [1.54, 1.807) is 11.3 Å². The summed E-state index contributed by atoms with van der Waals surface area (Å²) >= 11 is 1.65. The van der Waals surface area contributed by atoms with Crippen molar-refractivity contribution in [2.75, 3.05) is 0 Å². The van der Waals surface area contributed by atoms with Crippen LogP contribution in [0.1, 0.15) is 36.4 Å². The zero-order valence-electron chi connectivity index (χ0n) is 8.36. The van der Waals surface area contributed by atoms with E-state index in [-0.39, 0.29) is 0 Å². The third-order valence-corrected chi connectivity index (χ3v) is 4.59. The van der Waals surface area contributed by atoms with Crippen molar-refractivity contribution in [3.05, 3.63) is 16.1 Å². The molecule has 0 bridgehead atoms. The standard InChI is InChI=1S/C11H15NOS/c1-7-12-10(6-14-7)11(13)8-4-2-3-5-9(8)11/h6,8-9,13H,2-5H2,1H3. The molecule has 2 unspecified atom stereocenters. The number of thiazole rings is 1. The van der Waals surface area contributed by atoms with Gasteiger partial charge in [-0.15, -0.1) is 11.3 Å². The van der Waals surface area contributed by atoms with Gasteiger partial charge in [-0.3, -0.25) is 0 Å². The summed E-state index contributed by atoms with van der Waals surface area (Å²) in [6.45, 7) is 2.00. The first-order chi connectivity index (χ1) is 6.73. The van der Waals surface area contributed by atoms with E-state index < -0.39 is 5.60 Å². The van der Waals surface area contributed by atoms with Crippen LogP contribution in [0, 0.1) is 18.8 Å². The maximum absolute atomic E-state index is 10.5. The fourth-order valence-corrected chi connectivity index (χ4v) is 3.69. The number of hydrogen-bond acceptors (Lipinski definition) is 3. The van der Waals surface area contributed by atoms with E-state index >= 15 is 0 Å². The average Bonchev–Trinajstić information content (AvgIpc) is 2.57. The maximum atomic E-state index is 10.5. The molecule has 2 aliphatic carbocycles. The molecule has 0 amide bonds. The SMILES string of the molecule is Cc1nc(C2(O)C3CCCCC32)cs1. The van der Waals surface area contributed by atoms with Crippen LogP contribution in [-0.4, -0.2) is 10.1 Å². The van der Waals surface area contributed by atoms with Gasteiger partial charge in [-0.2, -0.15) is 0 Å². The molecule has 3 rings (SSSR count). The number of hydrogen-bond donors (Lipinski definition) is 1. The van der Waals surface area contributed by atoms with Crippen LogP contribution < -0.4 is 0 Å². The molecular formula is C11H15NOS. The van der Waals surface area contributed by atoms with Crippen LogP contribution >= 0.6 is 11.3 Å². The minimum atomic E-state index is -0.540. The first kappa shape index (κ1) is 8.86. The molecule has 1 aromatic rings. The second-order valence-electron chi connectivity index (χ2n) is 4.57. The third kappa shape index (κ3) is 1.03. The summed E-state index contributed by atoms with van der Waals surface area (Å²) in [5.74, 6) is 1.02. The Hall–Kier alpha value is -0.410. The van der Waals surface area contributed by atoms with Gasteiger partial charge >= 0.3 is 0 Å². The molecular weight excluding hydrogens is 194 g/mol. The molecule has 2 aliphatic rings. The Balaban J connectivity index is 1.92. The highest BCUT2D eigenvalue weighted by Crippen LogP contribution is 2.64. The molecule has 0 saturated heterocycles. The van der Waals surface area contributed by atoms with Crippen LogP contribution in [0.3, 0.4) is 0 Å². The minimum Gasteiger partial charge on any atom is -0.383 e. The number of nitrogens with zero attached hydrogens (tertiary/aromatic N) is 1. The minimum absolute atomic E-state index is 0.512. The Morgan fingerprint density at radius 3 is 2.57 bits per heavy atom. The summed E-state index contributed by atoms with van der Waals surface area (Å²) in [4.78, 5) is 4.44. The summed E-state index contributed by atoms with van der Waals surface area (Å²) in [6.07, 6.45) is 4.95. The van der Waals surface area contributed by atoms with Gasteiger partial charge in [0.05, 0.1) is 10.7 Å². The van der Waals surface area contributed by atoms with E-state index in [0.717, 1.165) is 10.7 Å². The molecule has 3 heteroatoms. The van der Waals surface area contributed by atoms with Gasteiger partial charge in [0.1, 0.15) is 5.60 Å². The van der Waals surface area contributed by atoms with E-state index in [2.05, 4.69) is 4.98 Å². The van der Waals surface area contributed by atoms with Crippen molar-refractivity contribution >= 4 is 11.3 Å². The van der Waals surface area contributed by atoms with E-state index in [0.29, 0.717) is 11.8 Å². The quantitative estimate of drug-likeness (QED) is 0.770. The number of aliphatic hydroxyl groups is 1. The van der Waals surface area contributed by atoms with Crippen molar-refractivity contribution < 1.29 is 5.11 Å². The molecule has 2 fully saturated rings. The molecule has 0 aromatic carbocycles. The van der Waals surface area contributed by atoms with Gasteiger partial charge in [0.25, 0.3) is 0 Å². The molecule has 2 nitrogen and oxygen atoms in total. The van der Waals surface area contributed by atoms with Crippen LogP contribution in [0.15, 0.2) is 5.38 Å². The van der Waals surface area contributed by atoms with E-state index in [9.17, 15) is 5.11 Å². The lowest BCUT2D eigenvalue weighted by molar-refractivity contribution is 0.114. The smallest absolute Gasteiger partial charge is 0.114 e. The van der Waals surface area contributed by atoms with Crippen LogP contribution in [-0.2, 0) is 5.60 Å². The monoisotopic (exact) mass is 209 g/mol. The summed E-state index contributed by atoms with van der Waals surface area (Å²) in [7, 11) is 0. The van der Waals surface area contributed by atoms with Crippen molar-refractivity contribution in [3.63, 3.8) is 0 Å². The van der Waals surface area contributed by atoms with Gasteiger partial charge in [-0.05, 0) is 31.6 Å². The summed E-state index contributed by atoms with van der Waals surface area (Å²) < 4.78 is 0. The topological polar surface area (TPSA) is 33.1 Å². The maximum Gasteiger partial charge on any atom is 0.114 e. The fraction of sp³-hybridized carbons (Fsp3) is 0.727. The largest absolute Gasteiger partial charge is 0.383 e. The molecule has 1 N–H and O–H groups in total. The predicted molar refractivity (Wildman–Crippen MR) is 56.2 cm³/mol.